The molecule has 2 bridgehead atoms. The van der Waals surface area contributed by atoms with Crippen LogP contribution in [-0.2, 0) is 25.7 Å². The molecule has 2 aliphatic carbocycles. The summed E-state index contributed by atoms with van der Waals surface area (Å²) < 4.78 is 6.91. The molecule has 12 nitrogen and oxygen atoms in total. The first-order valence-electron chi connectivity index (χ1n) is 15.4. The van der Waals surface area contributed by atoms with Crippen LogP contribution in [0.15, 0.2) is 51.8 Å². The molecular formula is C33H39N5O7. The number of carbonyl (C=O) groups excluding carboxylic acids is 5. The third kappa shape index (κ3) is 7.16. The van der Waals surface area contributed by atoms with Gasteiger partial charge in [-0.2, -0.15) is 0 Å². The number of primary amides is 1. The number of aryl methyl sites for hydroxylation is 1. The number of fused-ring (bicyclic) bond motifs is 3. The Kier molecular flexibility index (Phi) is 9.50. The number of pyridine rings is 1. The van der Waals surface area contributed by atoms with Crippen LogP contribution in [0, 0.1) is 24.7 Å². The third-order valence-corrected chi connectivity index (χ3v) is 9.18. The number of amides is 4. The minimum atomic E-state index is -1.32. The van der Waals surface area contributed by atoms with Gasteiger partial charge in [-0.05, 0) is 68.6 Å². The molecule has 5 N–H and O–H groups in total. The summed E-state index contributed by atoms with van der Waals surface area (Å²) in [7, 11) is 0. The number of benzene rings is 1. The first kappa shape index (κ1) is 31.7. The molecule has 0 aliphatic heterocycles. The number of anilines is 1. The maximum atomic E-state index is 13.4. The predicted molar refractivity (Wildman–Crippen MR) is 166 cm³/mol. The third-order valence-electron chi connectivity index (χ3n) is 9.18. The number of rotatable bonds is 11. The molecule has 2 saturated carbocycles. The molecule has 12 heteroatoms. The Labute approximate surface area is 260 Å². The molecule has 45 heavy (non-hydrogen) atoms. The molecule has 5 unspecified atom stereocenters. The van der Waals surface area contributed by atoms with Crippen LogP contribution in [0.1, 0.15) is 68.0 Å². The minimum Gasteiger partial charge on any atom is -0.451 e. The number of para-hydroxylation sites is 1. The van der Waals surface area contributed by atoms with Crippen molar-refractivity contribution in [3.8, 4) is 0 Å². The molecule has 5 atom stereocenters. The molecular weight excluding hydrogens is 578 g/mol. The van der Waals surface area contributed by atoms with Crippen LogP contribution < -0.4 is 27.2 Å². The average molecular weight is 618 g/mol. The highest BCUT2D eigenvalue weighted by Gasteiger charge is 2.38. The zero-order valence-electron chi connectivity index (χ0n) is 25.5. The quantitative estimate of drug-likeness (QED) is 0.239. The van der Waals surface area contributed by atoms with Gasteiger partial charge in [0, 0.05) is 29.6 Å². The summed E-state index contributed by atoms with van der Waals surface area (Å²) in [5.41, 5.74) is 5.40. The van der Waals surface area contributed by atoms with Gasteiger partial charge in [0.15, 0.2) is 5.76 Å². The Balaban J connectivity index is 1.29. The average Bonchev–Trinajstić information content (AvgIpc) is 3.35. The van der Waals surface area contributed by atoms with Gasteiger partial charge in [-0.3, -0.25) is 28.8 Å². The zero-order valence-corrected chi connectivity index (χ0v) is 25.5. The minimum absolute atomic E-state index is 0.0145. The first-order valence-corrected chi connectivity index (χ1v) is 15.4. The van der Waals surface area contributed by atoms with Crippen LogP contribution >= 0.6 is 0 Å². The second-order valence-electron chi connectivity index (χ2n) is 12.3. The summed E-state index contributed by atoms with van der Waals surface area (Å²) in [4.78, 5) is 76.2. The number of nitrogens with two attached hydrogens (primary N) is 1. The van der Waals surface area contributed by atoms with E-state index in [4.69, 9.17) is 10.2 Å². The van der Waals surface area contributed by atoms with E-state index in [0.29, 0.717) is 23.0 Å². The summed E-state index contributed by atoms with van der Waals surface area (Å²) in [6, 6.07) is 8.72. The molecule has 0 saturated heterocycles. The number of hydrogen-bond acceptors (Lipinski definition) is 7. The largest absolute Gasteiger partial charge is 0.451 e. The van der Waals surface area contributed by atoms with Crippen LogP contribution in [0.4, 0.5) is 5.69 Å². The van der Waals surface area contributed by atoms with Gasteiger partial charge in [0.25, 0.3) is 17.4 Å². The zero-order chi connectivity index (χ0) is 32.2. The smallest absolute Gasteiger partial charge is 0.287 e. The Morgan fingerprint density at radius 1 is 1.07 bits per heavy atom. The van der Waals surface area contributed by atoms with Gasteiger partial charge >= 0.3 is 0 Å². The first-order chi connectivity index (χ1) is 21.5. The van der Waals surface area contributed by atoms with E-state index in [9.17, 15) is 28.8 Å². The van der Waals surface area contributed by atoms with Gasteiger partial charge < -0.3 is 30.7 Å². The summed E-state index contributed by atoms with van der Waals surface area (Å²) >= 11 is 0. The second kappa shape index (κ2) is 13.5. The maximum absolute atomic E-state index is 13.4. The molecule has 2 aliphatic rings. The van der Waals surface area contributed by atoms with Crippen LogP contribution in [0.25, 0.3) is 11.0 Å². The Bertz CT molecular complexity index is 1690. The fourth-order valence-electron chi connectivity index (χ4n) is 6.91. The molecule has 2 aromatic heterocycles. The van der Waals surface area contributed by atoms with Gasteiger partial charge in [0.1, 0.15) is 23.9 Å². The van der Waals surface area contributed by atoms with Crippen molar-refractivity contribution in [1.82, 2.24) is 15.2 Å². The summed E-state index contributed by atoms with van der Waals surface area (Å²) in [6.45, 7) is 3.65. The van der Waals surface area contributed by atoms with Gasteiger partial charge in [0.05, 0.1) is 0 Å². The number of carbonyl (C=O) groups is 5. The standard InChI is InChI=1S/C33H39N5O7/c1-18-15-20-7-5-8-21(16-20)28(18)37-27(40)17-38-14-6-10-24(33(38)44)36-31(42)23(12-13-25(39)30(34)41)35-32(43)29-19(2)22-9-3-4-11-26(22)45-29/h3-4,6,9-11,14,18,20-21,23,28H,5,7-8,12-13,15-17H2,1-2H3,(H2,34,41)(H,35,43)(H,36,42)(H,37,40). The highest BCUT2D eigenvalue weighted by atomic mass is 16.3. The fourth-order valence-corrected chi connectivity index (χ4v) is 6.91. The van der Waals surface area contributed by atoms with Gasteiger partial charge in [-0.25, -0.2) is 0 Å². The van der Waals surface area contributed by atoms with E-state index in [-0.39, 0.29) is 36.4 Å². The normalized spacial score (nSPS) is 21.5. The number of furan rings is 1. The van der Waals surface area contributed by atoms with Crippen molar-refractivity contribution in [2.24, 2.45) is 23.5 Å². The molecule has 2 fully saturated rings. The lowest BCUT2D eigenvalue weighted by atomic mass is 9.65. The van der Waals surface area contributed by atoms with E-state index in [1.54, 1.807) is 31.2 Å². The van der Waals surface area contributed by atoms with Crippen LogP contribution in [-0.4, -0.2) is 46.1 Å². The van der Waals surface area contributed by atoms with Crippen LogP contribution in [0.2, 0.25) is 0 Å². The lowest BCUT2D eigenvalue weighted by molar-refractivity contribution is -0.136. The lowest BCUT2D eigenvalue weighted by Crippen LogP contribution is -2.50. The summed E-state index contributed by atoms with van der Waals surface area (Å²) in [5.74, 6) is -2.35. The van der Waals surface area contributed by atoms with Crippen molar-refractivity contribution in [3.63, 3.8) is 0 Å². The van der Waals surface area contributed by atoms with Crippen molar-refractivity contribution in [2.75, 3.05) is 5.32 Å². The molecule has 5 rings (SSSR count). The van der Waals surface area contributed by atoms with Crippen LogP contribution in [0.3, 0.4) is 0 Å². The highest BCUT2D eigenvalue weighted by Crippen LogP contribution is 2.42. The fraction of sp³-hybridized carbons (Fsp3) is 0.455. The Morgan fingerprint density at radius 3 is 2.60 bits per heavy atom. The Hall–Kier alpha value is -4.74. The van der Waals surface area contributed by atoms with Crippen molar-refractivity contribution in [1.29, 1.82) is 0 Å². The SMILES string of the molecule is Cc1c(C(=O)NC(CCC(=O)C(N)=O)C(=O)Nc2cccn(CC(=O)NC3C(C)CC4CCCC3C4)c2=O)oc2ccccc12. The molecule has 0 radical (unpaired) electrons. The monoisotopic (exact) mass is 617 g/mol. The molecule has 1 aromatic carbocycles. The number of aromatic nitrogens is 1. The van der Waals surface area contributed by atoms with Crippen molar-refractivity contribution < 1.29 is 28.4 Å². The maximum Gasteiger partial charge on any atom is 0.287 e. The van der Waals surface area contributed by atoms with E-state index >= 15 is 0 Å². The number of ketones is 1. The molecule has 2 heterocycles. The molecule has 238 valence electrons. The molecule has 0 spiro atoms. The molecule has 4 amide bonds. The number of nitrogens with zero attached hydrogens (tertiary/aromatic N) is 1. The summed E-state index contributed by atoms with van der Waals surface area (Å²) in [5, 5.41) is 8.95. The lowest BCUT2D eigenvalue weighted by Gasteiger charge is -2.44. The predicted octanol–water partition coefficient (Wildman–Crippen LogP) is 2.81. The van der Waals surface area contributed by atoms with E-state index in [0.717, 1.165) is 30.6 Å². The number of hydrogen-bond donors (Lipinski definition) is 4. The van der Waals surface area contributed by atoms with Gasteiger partial charge in [-0.15, -0.1) is 0 Å². The number of Topliss-reactive ketones (excluding diaryl/α,β-unsaturated/α-hetero) is 1. The van der Waals surface area contributed by atoms with Crippen LogP contribution in [0.5, 0.6) is 0 Å². The van der Waals surface area contributed by atoms with Gasteiger partial charge in [-0.1, -0.05) is 38.0 Å². The topological polar surface area (TPSA) is 183 Å². The summed E-state index contributed by atoms with van der Waals surface area (Å²) in [6.07, 6.45) is 6.51. The van der Waals surface area contributed by atoms with E-state index in [1.807, 2.05) is 0 Å². The van der Waals surface area contributed by atoms with E-state index in [1.165, 1.54) is 35.7 Å². The van der Waals surface area contributed by atoms with Crippen molar-refractivity contribution in [3.05, 3.63) is 64.3 Å². The highest BCUT2D eigenvalue weighted by molar-refractivity contribution is 6.35. The van der Waals surface area contributed by atoms with E-state index < -0.39 is 41.5 Å². The van der Waals surface area contributed by atoms with Crippen molar-refractivity contribution in [2.45, 2.75) is 77.4 Å². The van der Waals surface area contributed by atoms with Crippen molar-refractivity contribution >= 4 is 46.1 Å². The van der Waals surface area contributed by atoms with Gasteiger partial charge in [0.2, 0.25) is 17.6 Å². The Morgan fingerprint density at radius 2 is 1.84 bits per heavy atom. The number of nitrogens with one attached hydrogen (secondary N) is 3. The second-order valence-corrected chi connectivity index (χ2v) is 12.3. The molecule has 3 aromatic rings. The van der Waals surface area contributed by atoms with E-state index in [2.05, 4.69) is 22.9 Å².